The number of rotatable bonds is 6. The summed E-state index contributed by atoms with van der Waals surface area (Å²) >= 11 is 0. The van der Waals surface area contributed by atoms with Gasteiger partial charge in [-0.2, -0.15) is 0 Å². The van der Waals surface area contributed by atoms with Gasteiger partial charge in [0.15, 0.2) is 11.5 Å². The molecule has 0 radical (unpaired) electrons. The van der Waals surface area contributed by atoms with Crippen molar-refractivity contribution < 1.29 is 23.8 Å². The lowest BCUT2D eigenvalue weighted by Crippen LogP contribution is -2.54. The number of carbonyl (C=O) groups excluding carboxylic acids is 2. The predicted molar refractivity (Wildman–Crippen MR) is 99.0 cm³/mol. The van der Waals surface area contributed by atoms with E-state index in [1.807, 2.05) is 0 Å². The van der Waals surface area contributed by atoms with Gasteiger partial charge in [0.05, 0.1) is 26.8 Å². The number of likely N-dealkylation sites (tertiary alicyclic amines) is 1. The van der Waals surface area contributed by atoms with E-state index in [9.17, 15) is 9.59 Å². The van der Waals surface area contributed by atoms with Crippen molar-refractivity contribution in [3.63, 3.8) is 0 Å². The number of ether oxygens (including phenoxy) is 3. The van der Waals surface area contributed by atoms with Crippen molar-refractivity contribution in [2.75, 3.05) is 53.6 Å². The summed E-state index contributed by atoms with van der Waals surface area (Å²) < 4.78 is 16.8. The van der Waals surface area contributed by atoms with Gasteiger partial charge in [-0.25, -0.2) is 0 Å². The van der Waals surface area contributed by atoms with Gasteiger partial charge in [-0.3, -0.25) is 9.59 Å². The normalized spacial score (nSPS) is 22.4. The molecule has 2 fully saturated rings. The molecule has 148 valence electrons. The molecule has 0 aromatic heterocycles. The monoisotopic (exact) mass is 377 g/mol. The molecule has 0 saturated carbocycles. The number of nitrogens with two attached hydrogens (primary N) is 1. The summed E-state index contributed by atoms with van der Waals surface area (Å²) in [4.78, 5) is 28.1. The molecule has 2 aliphatic rings. The van der Waals surface area contributed by atoms with Gasteiger partial charge in [-0.15, -0.1) is 0 Å². The highest BCUT2D eigenvalue weighted by atomic mass is 16.5. The van der Waals surface area contributed by atoms with Crippen LogP contribution >= 0.6 is 0 Å². The molecule has 2 amide bonds. The van der Waals surface area contributed by atoms with E-state index in [1.165, 1.54) is 0 Å². The molecule has 8 heteroatoms. The van der Waals surface area contributed by atoms with Crippen LogP contribution in [-0.2, 0) is 9.53 Å². The van der Waals surface area contributed by atoms with Crippen LogP contribution in [0.25, 0.3) is 0 Å². The summed E-state index contributed by atoms with van der Waals surface area (Å²) in [7, 11) is 3.33. The molecule has 8 nitrogen and oxygen atoms in total. The highest BCUT2D eigenvalue weighted by Gasteiger charge is 2.45. The molecule has 0 bridgehead atoms. The quantitative estimate of drug-likeness (QED) is 0.726. The van der Waals surface area contributed by atoms with E-state index >= 15 is 0 Å². The fourth-order valence-electron chi connectivity index (χ4n) is 3.53. The van der Waals surface area contributed by atoms with Crippen molar-refractivity contribution in [1.82, 2.24) is 9.80 Å². The number of hydrogen-bond acceptors (Lipinski definition) is 6. The minimum absolute atomic E-state index is 0.0279. The minimum Gasteiger partial charge on any atom is -0.493 e. The first-order valence-corrected chi connectivity index (χ1v) is 9.16. The van der Waals surface area contributed by atoms with Crippen LogP contribution in [0.4, 0.5) is 0 Å². The Kier molecular flexibility index (Phi) is 5.86. The summed E-state index contributed by atoms with van der Waals surface area (Å²) in [5, 5.41) is 0. The van der Waals surface area contributed by atoms with Crippen molar-refractivity contribution in [2.45, 2.75) is 18.4 Å². The summed E-state index contributed by atoms with van der Waals surface area (Å²) in [5.74, 6) is 1.00. The van der Waals surface area contributed by atoms with Gasteiger partial charge in [0, 0.05) is 19.2 Å². The summed E-state index contributed by atoms with van der Waals surface area (Å²) in [6.07, 6.45) is 1.44. The molecule has 3 rings (SSSR count). The fraction of sp³-hybridized carbons (Fsp3) is 0.579. The first kappa shape index (κ1) is 19.4. The fourth-order valence-corrected chi connectivity index (χ4v) is 3.53. The van der Waals surface area contributed by atoms with Gasteiger partial charge < -0.3 is 29.7 Å². The lowest BCUT2D eigenvalue weighted by Gasteiger charge is -2.38. The van der Waals surface area contributed by atoms with Crippen molar-refractivity contribution in [3.8, 4) is 11.5 Å². The first-order valence-electron chi connectivity index (χ1n) is 9.16. The van der Waals surface area contributed by atoms with Gasteiger partial charge in [-0.05, 0) is 37.6 Å². The largest absolute Gasteiger partial charge is 0.493 e. The van der Waals surface area contributed by atoms with E-state index in [2.05, 4.69) is 0 Å². The van der Waals surface area contributed by atoms with Crippen molar-refractivity contribution in [1.29, 1.82) is 0 Å². The molecule has 1 aromatic carbocycles. The molecular formula is C19H27N3O5. The number of likely N-dealkylation sites (N-methyl/N-ethyl adjacent to an activating group) is 1. The minimum atomic E-state index is -0.467. The number of morpholine rings is 1. The summed E-state index contributed by atoms with van der Waals surface area (Å²) in [6, 6.07) is 5.18. The van der Waals surface area contributed by atoms with E-state index in [0.29, 0.717) is 56.3 Å². The summed E-state index contributed by atoms with van der Waals surface area (Å²) in [5.41, 5.74) is 5.57. The zero-order valence-electron chi connectivity index (χ0n) is 15.9. The second-order valence-corrected chi connectivity index (χ2v) is 7.05. The van der Waals surface area contributed by atoms with Crippen LogP contribution in [0.1, 0.15) is 23.2 Å². The second kappa shape index (κ2) is 8.14. The topological polar surface area (TPSA) is 94.3 Å². The average Bonchev–Trinajstić information content (AvgIpc) is 3.08. The third kappa shape index (κ3) is 4.17. The van der Waals surface area contributed by atoms with Crippen LogP contribution in [0.15, 0.2) is 18.2 Å². The smallest absolute Gasteiger partial charge is 0.254 e. The van der Waals surface area contributed by atoms with E-state index in [1.54, 1.807) is 42.2 Å². The van der Waals surface area contributed by atoms with Gasteiger partial charge in [0.1, 0.15) is 12.2 Å². The number of hydrogen-bond donors (Lipinski definition) is 1. The molecule has 2 saturated heterocycles. The molecule has 1 aromatic rings. The van der Waals surface area contributed by atoms with Gasteiger partial charge in [-0.1, -0.05) is 0 Å². The third-order valence-corrected chi connectivity index (χ3v) is 5.07. The zero-order valence-corrected chi connectivity index (χ0v) is 15.9. The van der Waals surface area contributed by atoms with E-state index in [0.717, 1.165) is 6.42 Å². The van der Waals surface area contributed by atoms with E-state index < -0.39 is 5.60 Å². The van der Waals surface area contributed by atoms with Crippen LogP contribution in [-0.4, -0.2) is 80.8 Å². The van der Waals surface area contributed by atoms with Crippen molar-refractivity contribution in [3.05, 3.63) is 23.8 Å². The molecule has 1 atom stereocenters. The van der Waals surface area contributed by atoms with E-state index in [-0.39, 0.29) is 18.4 Å². The molecular weight excluding hydrogens is 350 g/mol. The predicted octanol–water partition coefficient (Wildman–Crippen LogP) is 0.496. The zero-order chi connectivity index (χ0) is 19.4. The third-order valence-electron chi connectivity index (χ3n) is 5.07. The Bertz CT molecular complexity index is 711. The molecule has 0 unspecified atom stereocenters. The Balaban J connectivity index is 1.70. The van der Waals surface area contributed by atoms with Gasteiger partial charge in [0.2, 0.25) is 5.91 Å². The standard InChI is InChI=1S/C19H27N3O5/c1-21-12-19(27-11-17(21)23)6-8-22(13-19)18(24)14-4-5-15(25-2)16(10-14)26-9-3-7-20/h4-5,10H,3,6-9,11-13,20H2,1-2H3/t19-/m0/s1. The highest BCUT2D eigenvalue weighted by molar-refractivity contribution is 5.95. The molecule has 0 aliphatic carbocycles. The lowest BCUT2D eigenvalue weighted by atomic mass is 10.0. The Morgan fingerprint density at radius 1 is 1.33 bits per heavy atom. The maximum absolute atomic E-state index is 13.0. The molecule has 2 aliphatic heterocycles. The van der Waals surface area contributed by atoms with Crippen LogP contribution in [0, 0.1) is 0 Å². The number of nitrogens with zero attached hydrogens (tertiary/aromatic N) is 2. The Morgan fingerprint density at radius 2 is 2.15 bits per heavy atom. The number of amides is 2. The van der Waals surface area contributed by atoms with Crippen LogP contribution < -0.4 is 15.2 Å². The Hall–Kier alpha value is -2.32. The number of methoxy groups -OCH3 is 1. The van der Waals surface area contributed by atoms with Gasteiger partial charge in [0.25, 0.3) is 5.91 Å². The molecule has 27 heavy (non-hydrogen) atoms. The Morgan fingerprint density at radius 3 is 2.85 bits per heavy atom. The van der Waals surface area contributed by atoms with E-state index in [4.69, 9.17) is 19.9 Å². The van der Waals surface area contributed by atoms with Crippen molar-refractivity contribution in [2.24, 2.45) is 5.73 Å². The molecule has 1 spiro atoms. The van der Waals surface area contributed by atoms with Crippen molar-refractivity contribution >= 4 is 11.8 Å². The SMILES string of the molecule is COc1ccc(C(=O)N2CC[C@]3(CN(C)C(=O)CO3)C2)cc1OCCCN. The number of carbonyl (C=O) groups is 2. The maximum atomic E-state index is 13.0. The summed E-state index contributed by atoms with van der Waals surface area (Å²) in [6.45, 7) is 2.64. The molecule has 2 N–H and O–H groups in total. The van der Waals surface area contributed by atoms with Crippen LogP contribution in [0.5, 0.6) is 11.5 Å². The van der Waals surface area contributed by atoms with Crippen LogP contribution in [0.3, 0.4) is 0 Å². The Labute approximate surface area is 159 Å². The first-order chi connectivity index (χ1) is 13.0. The van der Waals surface area contributed by atoms with Crippen LogP contribution in [0.2, 0.25) is 0 Å². The molecule has 2 heterocycles. The maximum Gasteiger partial charge on any atom is 0.254 e. The second-order valence-electron chi connectivity index (χ2n) is 7.05. The van der Waals surface area contributed by atoms with Gasteiger partial charge >= 0.3 is 0 Å². The number of benzene rings is 1. The average molecular weight is 377 g/mol. The highest BCUT2D eigenvalue weighted by Crippen LogP contribution is 2.32. The lowest BCUT2D eigenvalue weighted by molar-refractivity contribution is -0.158.